The number of hydrogen-bond donors (Lipinski definition) is 1. The zero-order valence-corrected chi connectivity index (χ0v) is 35.9. The Morgan fingerprint density at radius 1 is 0.885 bits per heavy atom. The van der Waals surface area contributed by atoms with Crippen LogP contribution in [0.1, 0.15) is 36.8 Å². The van der Waals surface area contributed by atoms with E-state index in [0.717, 1.165) is 44.9 Å². The van der Waals surface area contributed by atoms with E-state index in [1.54, 1.807) is 41.3 Å². The van der Waals surface area contributed by atoms with Gasteiger partial charge in [0.05, 0.1) is 61.2 Å². The number of halogens is 1. The van der Waals surface area contributed by atoms with Gasteiger partial charge in [-0.3, -0.25) is 28.8 Å². The number of phenolic OH excluding ortho intramolecular Hbond substituents is 1. The molecule has 0 radical (unpaired) electrons. The van der Waals surface area contributed by atoms with Gasteiger partial charge in [0.15, 0.2) is 11.5 Å². The summed E-state index contributed by atoms with van der Waals surface area (Å²) < 4.78 is 19.3. The summed E-state index contributed by atoms with van der Waals surface area (Å²) in [4.78, 5) is 65.2. The minimum absolute atomic E-state index is 0.134. The normalized spacial score (nSPS) is 26.2. The molecule has 0 spiro atoms. The van der Waals surface area contributed by atoms with Gasteiger partial charge in [0.25, 0.3) is 0 Å². The van der Waals surface area contributed by atoms with Crippen LogP contribution in [0.25, 0.3) is 20.7 Å². The van der Waals surface area contributed by atoms with Crippen molar-refractivity contribution >= 4 is 73.8 Å². The summed E-state index contributed by atoms with van der Waals surface area (Å²) in [7, 11) is 4.58. The maximum Gasteiger partial charge on any atom is 0.242 e. The number of morpholine rings is 1. The minimum atomic E-state index is -1.35. The molecule has 4 fully saturated rings. The average Bonchev–Trinajstić information content (AvgIpc) is 3.94. The standard InChI is InChI=1S/C46H44ClN5O8S/c1-23-30-20-25(47)6-13-36(30)61-41(23)33-22-37(49(3)48-33)52-43(55)32-21-31-28(39(46(32,2)45(52)57)24-18-34(58-4)40(53)35(19-24)59-5)11-12-29-38(31)44(56)51(42(29)54)27-9-7-26(8-10-27)50-14-16-60-17-15-50/h6-11,13,18-20,22,29,31-32,38-39,53H,12,14-17,21H2,1-5H3. The number of benzene rings is 3. The van der Waals surface area contributed by atoms with Gasteiger partial charge in [0.2, 0.25) is 29.4 Å². The molecule has 10 rings (SSSR count). The number of nitrogens with zero attached hydrogens (tertiary/aromatic N) is 5. The second-order valence-electron chi connectivity index (χ2n) is 16.8. The van der Waals surface area contributed by atoms with E-state index in [1.165, 1.54) is 24.0 Å². The number of aryl methyl sites for hydroxylation is 2. The van der Waals surface area contributed by atoms with Crippen LogP contribution in [-0.2, 0) is 31.0 Å². The molecule has 4 amide bonds. The summed E-state index contributed by atoms with van der Waals surface area (Å²) in [6, 6.07) is 18.3. The Kier molecular flexibility index (Phi) is 9.35. The van der Waals surface area contributed by atoms with Crippen molar-refractivity contribution in [3.63, 3.8) is 0 Å². The van der Waals surface area contributed by atoms with Gasteiger partial charge in [-0.1, -0.05) is 23.3 Å². The van der Waals surface area contributed by atoms with E-state index in [1.807, 2.05) is 62.4 Å². The molecule has 6 atom stereocenters. The Morgan fingerprint density at radius 2 is 1.57 bits per heavy atom. The van der Waals surface area contributed by atoms with E-state index < -0.39 is 46.8 Å². The lowest BCUT2D eigenvalue weighted by Gasteiger charge is -2.49. The lowest BCUT2D eigenvalue weighted by Crippen LogP contribution is -2.49. The van der Waals surface area contributed by atoms with Gasteiger partial charge in [0.1, 0.15) is 11.5 Å². The quantitative estimate of drug-likeness (QED) is 0.131. The topological polar surface area (TPSA) is 144 Å². The summed E-state index contributed by atoms with van der Waals surface area (Å²) >= 11 is 7.91. The number of fused-ring (bicyclic) bond motifs is 5. The zero-order valence-electron chi connectivity index (χ0n) is 34.3. The van der Waals surface area contributed by atoms with E-state index in [0.29, 0.717) is 41.0 Å². The van der Waals surface area contributed by atoms with Crippen molar-refractivity contribution in [2.24, 2.45) is 36.1 Å². The third-order valence-corrected chi connectivity index (χ3v) is 15.3. The molecule has 3 aromatic carbocycles. The maximum absolute atomic E-state index is 15.3. The molecule has 2 aliphatic carbocycles. The summed E-state index contributed by atoms with van der Waals surface area (Å²) in [6.45, 7) is 6.59. The van der Waals surface area contributed by atoms with Gasteiger partial charge in [-0.15, -0.1) is 11.3 Å². The highest BCUT2D eigenvalue weighted by molar-refractivity contribution is 7.22. The number of rotatable bonds is 7. The van der Waals surface area contributed by atoms with E-state index >= 15 is 9.59 Å². The van der Waals surface area contributed by atoms with Gasteiger partial charge in [-0.25, -0.2) is 4.90 Å². The number of ether oxygens (including phenoxy) is 3. The molecule has 1 N–H and O–H groups in total. The van der Waals surface area contributed by atoms with Crippen LogP contribution in [0.5, 0.6) is 17.2 Å². The molecule has 1 saturated carbocycles. The SMILES string of the molecule is COc1cc(C2C3=CCC4C(=O)N(c5ccc(N6CCOCC6)cc5)C(=O)C4C3CC3C(=O)N(c4cc(-c5sc6ccc(Cl)cc6c5C)nn4C)C(=O)C32C)cc(OC)c1O. The fraction of sp³-hybridized carbons (Fsp3) is 0.370. The Balaban J connectivity index is 1.06. The molecule has 13 nitrogen and oxygen atoms in total. The Labute approximate surface area is 361 Å². The third-order valence-electron chi connectivity index (χ3n) is 13.8. The number of aromatic nitrogens is 2. The van der Waals surface area contributed by atoms with Crippen LogP contribution < -0.4 is 24.2 Å². The largest absolute Gasteiger partial charge is 0.502 e. The molecule has 15 heteroatoms. The van der Waals surface area contributed by atoms with Crippen molar-refractivity contribution in [3.05, 3.63) is 88.5 Å². The molecule has 0 bridgehead atoms. The van der Waals surface area contributed by atoms with Crippen molar-refractivity contribution in [2.75, 3.05) is 55.2 Å². The van der Waals surface area contributed by atoms with Crippen LogP contribution in [0.15, 0.2) is 72.3 Å². The summed E-state index contributed by atoms with van der Waals surface area (Å²) in [5.41, 5.74) is 3.11. The van der Waals surface area contributed by atoms with Gasteiger partial charge in [0, 0.05) is 47.5 Å². The predicted octanol–water partition coefficient (Wildman–Crippen LogP) is 7.26. The second-order valence-corrected chi connectivity index (χ2v) is 18.3. The number of aromatic hydroxyl groups is 1. The molecule has 5 aliphatic rings. The van der Waals surface area contributed by atoms with Crippen LogP contribution in [0.4, 0.5) is 17.2 Å². The lowest BCUT2D eigenvalue weighted by molar-refractivity contribution is -0.131. The number of amides is 4. The van der Waals surface area contributed by atoms with Gasteiger partial charge in [-0.05, 0) is 104 Å². The highest BCUT2D eigenvalue weighted by Gasteiger charge is 2.68. The average molecular weight is 862 g/mol. The number of phenols is 1. The highest BCUT2D eigenvalue weighted by Crippen LogP contribution is 2.64. The van der Waals surface area contributed by atoms with Crippen LogP contribution in [0.2, 0.25) is 5.02 Å². The first-order chi connectivity index (χ1) is 29.3. The first-order valence-electron chi connectivity index (χ1n) is 20.4. The van der Waals surface area contributed by atoms with Gasteiger partial charge >= 0.3 is 0 Å². The summed E-state index contributed by atoms with van der Waals surface area (Å²) in [5.74, 6) is -4.62. The van der Waals surface area contributed by atoms with Crippen molar-refractivity contribution in [2.45, 2.75) is 32.6 Å². The maximum atomic E-state index is 15.3. The van der Waals surface area contributed by atoms with Crippen LogP contribution >= 0.6 is 22.9 Å². The fourth-order valence-corrected chi connectivity index (χ4v) is 12.1. The van der Waals surface area contributed by atoms with E-state index in [4.69, 9.17) is 30.9 Å². The Bertz CT molecular complexity index is 2700. The van der Waals surface area contributed by atoms with E-state index in [2.05, 4.69) is 4.90 Å². The molecule has 3 saturated heterocycles. The van der Waals surface area contributed by atoms with E-state index in [-0.39, 0.29) is 41.9 Å². The lowest BCUT2D eigenvalue weighted by atomic mass is 9.51. The summed E-state index contributed by atoms with van der Waals surface area (Å²) in [6.07, 6.45) is 2.46. The number of hydrogen-bond acceptors (Lipinski definition) is 11. The molecular weight excluding hydrogens is 818 g/mol. The molecule has 5 aromatic rings. The molecular formula is C46H44ClN5O8S. The van der Waals surface area contributed by atoms with Crippen LogP contribution in [-0.4, -0.2) is 79.0 Å². The highest BCUT2D eigenvalue weighted by atomic mass is 35.5. The van der Waals surface area contributed by atoms with Crippen molar-refractivity contribution in [1.29, 1.82) is 0 Å². The van der Waals surface area contributed by atoms with Crippen molar-refractivity contribution in [1.82, 2.24) is 9.78 Å². The number of carbonyl (C=O) groups is 4. The minimum Gasteiger partial charge on any atom is -0.502 e. The van der Waals surface area contributed by atoms with Gasteiger partial charge < -0.3 is 24.2 Å². The van der Waals surface area contributed by atoms with Gasteiger partial charge in [-0.2, -0.15) is 5.10 Å². The number of anilines is 3. The number of thiophene rings is 1. The number of allylic oxidation sites excluding steroid dienone is 2. The van der Waals surface area contributed by atoms with Crippen LogP contribution in [0.3, 0.4) is 0 Å². The van der Waals surface area contributed by atoms with Crippen molar-refractivity contribution in [3.8, 4) is 27.8 Å². The molecule has 6 unspecified atom stereocenters. The molecule has 61 heavy (non-hydrogen) atoms. The second kappa shape index (κ2) is 14.5. The van der Waals surface area contributed by atoms with Crippen LogP contribution in [0, 0.1) is 36.0 Å². The fourth-order valence-electron chi connectivity index (χ4n) is 10.8. The molecule has 3 aliphatic heterocycles. The smallest absolute Gasteiger partial charge is 0.242 e. The molecule has 2 aromatic heterocycles. The Morgan fingerprint density at radius 3 is 2.26 bits per heavy atom. The molecule has 5 heterocycles. The van der Waals surface area contributed by atoms with Crippen molar-refractivity contribution < 1.29 is 38.5 Å². The number of imide groups is 2. The zero-order chi connectivity index (χ0) is 42.6. The monoisotopic (exact) mass is 861 g/mol. The Hall–Kier alpha value is -5.70. The molecule has 314 valence electrons. The summed E-state index contributed by atoms with van der Waals surface area (Å²) in [5, 5.41) is 17.5. The first-order valence-corrected chi connectivity index (χ1v) is 21.6. The predicted molar refractivity (Wildman–Crippen MR) is 232 cm³/mol. The number of carbonyl (C=O) groups excluding carboxylic acids is 4. The first kappa shape index (κ1) is 39.4. The van der Waals surface area contributed by atoms with E-state index in [9.17, 15) is 14.7 Å². The third kappa shape index (κ3) is 5.78. The number of methoxy groups -OCH3 is 2.